The van der Waals surface area contributed by atoms with E-state index in [1.165, 1.54) is 38.4 Å². The van der Waals surface area contributed by atoms with E-state index in [1.54, 1.807) is 13.0 Å². The van der Waals surface area contributed by atoms with Gasteiger partial charge < -0.3 is 15.2 Å². The first-order valence-electron chi connectivity index (χ1n) is 11.4. The van der Waals surface area contributed by atoms with Crippen LogP contribution in [-0.4, -0.2) is 51.5 Å². The second kappa shape index (κ2) is 9.30. The van der Waals surface area contributed by atoms with Crippen LogP contribution < -0.4 is 5.32 Å². The fraction of sp³-hybridized carbons (Fsp3) is 0.542. The lowest BCUT2D eigenvalue weighted by atomic mass is 9.92. The van der Waals surface area contributed by atoms with Gasteiger partial charge in [-0.2, -0.15) is 0 Å². The van der Waals surface area contributed by atoms with Crippen molar-refractivity contribution in [3.8, 4) is 11.4 Å². The van der Waals surface area contributed by atoms with Crippen LogP contribution in [0.2, 0.25) is 0 Å². The highest BCUT2D eigenvalue weighted by Gasteiger charge is 2.18. The molecule has 0 bridgehead atoms. The zero-order valence-corrected chi connectivity index (χ0v) is 19.0. The summed E-state index contributed by atoms with van der Waals surface area (Å²) in [5.74, 6) is 2.15. The topological polar surface area (TPSA) is 69.7 Å². The Bertz CT molecular complexity index is 1040. The number of hydrogen-bond acceptors (Lipinski definition) is 5. The molecular weight excluding hydrogens is 391 g/mol. The number of benzene rings is 1. The lowest BCUT2D eigenvalue weighted by Crippen LogP contribution is -2.30. The van der Waals surface area contributed by atoms with Crippen molar-refractivity contribution in [3.63, 3.8) is 0 Å². The molecule has 0 atom stereocenters. The molecule has 1 aliphatic rings. The van der Waals surface area contributed by atoms with Gasteiger partial charge in [-0.3, -0.25) is 0 Å². The summed E-state index contributed by atoms with van der Waals surface area (Å²) in [5, 5.41) is 3.40. The molecule has 7 heteroatoms. The highest BCUT2D eigenvalue weighted by Crippen LogP contribution is 2.29. The van der Waals surface area contributed by atoms with Gasteiger partial charge in [0, 0.05) is 18.3 Å². The summed E-state index contributed by atoms with van der Waals surface area (Å²) in [7, 11) is 2.20. The Hall–Kier alpha value is -2.54. The molecule has 3 heterocycles. The van der Waals surface area contributed by atoms with Crippen molar-refractivity contribution in [2.75, 3.05) is 32.0 Å². The monoisotopic (exact) mass is 424 g/mol. The van der Waals surface area contributed by atoms with Crippen LogP contribution in [0.4, 0.5) is 10.3 Å². The van der Waals surface area contributed by atoms with Gasteiger partial charge in [0.2, 0.25) is 5.95 Å². The van der Waals surface area contributed by atoms with Gasteiger partial charge in [-0.25, -0.2) is 19.3 Å². The molecule has 0 amide bonds. The number of aromatic nitrogens is 4. The highest BCUT2D eigenvalue weighted by atomic mass is 19.1. The summed E-state index contributed by atoms with van der Waals surface area (Å²) in [6.45, 7) is 9.29. The minimum absolute atomic E-state index is 0.212. The number of H-pyrrole nitrogens is 1. The molecule has 0 radical (unpaired) electrons. The zero-order valence-electron chi connectivity index (χ0n) is 19.0. The maximum atomic E-state index is 13.9. The number of halogens is 1. The number of aromatic amines is 1. The van der Waals surface area contributed by atoms with Crippen LogP contribution in [-0.2, 0) is 0 Å². The molecule has 166 valence electrons. The van der Waals surface area contributed by atoms with E-state index in [-0.39, 0.29) is 11.7 Å². The van der Waals surface area contributed by atoms with Crippen LogP contribution in [0.25, 0.3) is 22.4 Å². The first-order valence-corrected chi connectivity index (χ1v) is 11.4. The second-order valence-corrected chi connectivity index (χ2v) is 9.12. The van der Waals surface area contributed by atoms with Crippen molar-refractivity contribution in [2.24, 2.45) is 5.92 Å². The van der Waals surface area contributed by atoms with Gasteiger partial charge in [0.25, 0.3) is 0 Å². The average molecular weight is 425 g/mol. The maximum absolute atomic E-state index is 13.9. The van der Waals surface area contributed by atoms with Crippen LogP contribution in [0.5, 0.6) is 0 Å². The molecule has 0 aliphatic carbocycles. The summed E-state index contributed by atoms with van der Waals surface area (Å²) < 4.78 is 13.9. The third-order valence-electron chi connectivity index (χ3n) is 6.37. The number of anilines is 1. The van der Waals surface area contributed by atoms with Gasteiger partial charge in [-0.05, 0) is 76.7 Å². The van der Waals surface area contributed by atoms with Crippen molar-refractivity contribution < 1.29 is 4.39 Å². The van der Waals surface area contributed by atoms with Crippen molar-refractivity contribution >= 4 is 17.0 Å². The van der Waals surface area contributed by atoms with Crippen LogP contribution in [0.15, 0.2) is 18.3 Å². The summed E-state index contributed by atoms with van der Waals surface area (Å²) in [6, 6.07) is 3.20. The largest absolute Gasteiger partial charge is 0.354 e. The molecule has 6 nitrogen and oxygen atoms in total. The minimum Gasteiger partial charge on any atom is -0.354 e. The summed E-state index contributed by atoms with van der Waals surface area (Å²) in [5.41, 5.74) is 3.82. The molecule has 0 unspecified atom stereocenters. The molecule has 0 saturated carbocycles. The van der Waals surface area contributed by atoms with E-state index < -0.39 is 0 Å². The lowest BCUT2D eigenvalue weighted by molar-refractivity contribution is 0.211. The number of nitrogens with zero attached hydrogens (tertiary/aromatic N) is 4. The van der Waals surface area contributed by atoms with E-state index in [1.807, 2.05) is 6.20 Å². The Balaban J connectivity index is 1.45. The Morgan fingerprint density at radius 3 is 2.74 bits per heavy atom. The summed E-state index contributed by atoms with van der Waals surface area (Å²) in [6.07, 6.45) is 6.82. The van der Waals surface area contributed by atoms with Crippen molar-refractivity contribution in [1.29, 1.82) is 0 Å². The van der Waals surface area contributed by atoms with E-state index >= 15 is 0 Å². The van der Waals surface area contributed by atoms with E-state index in [9.17, 15) is 4.39 Å². The van der Waals surface area contributed by atoms with Crippen LogP contribution in [0.3, 0.4) is 0 Å². The Morgan fingerprint density at radius 1 is 1.23 bits per heavy atom. The van der Waals surface area contributed by atoms with Gasteiger partial charge in [0.15, 0.2) is 0 Å². The quantitative estimate of drug-likeness (QED) is 0.515. The standard InChI is InChI=1S/C24H33FN6/c1-15(2)21-18(23-28-20-8-7-19(25)16(3)22(20)29-23)14-27-24(30-21)26-11-5-6-17-9-12-31(4)13-10-17/h7-8,14-15,17H,5-6,9-13H2,1-4H3,(H,28,29)(H,26,27,30). The molecule has 3 aromatic rings. The first kappa shape index (κ1) is 21.7. The average Bonchev–Trinajstić information content (AvgIpc) is 3.20. The van der Waals surface area contributed by atoms with E-state index in [0.717, 1.165) is 35.7 Å². The van der Waals surface area contributed by atoms with Gasteiger partial charge >= 0.3 is 0 Å². The predicted octanol–water partition coefficient (Wildman–Crippen LogP) is 5.12. The Labute approximate surface area is 183 Å². The molecule has 1 aliphatic heterocycles. The smallest absolute Gasteiger partial charge is 0.222 e. The SMILES string of the molecule is Cc1c(F)ccc2[nH]c(-c3cnc(NCCCC4CCN(C)CC4)nc3C(C)C)nc12. The number of fused-ring (bicyclic) bond motifs is 1. The number of rotatable bonds is 7. The second-order valence-electron chi connectivity index (χ2n) is 9.12. The van der Waals surface area contributed by atoms with Gasteiger partial charge in [0.05, 0.1) is 22.3 Å². The van der Waals surface area contributed by atoms with Gasteiger partial charge in [-0.15, -0.1) is 0 Å². The fourth-order valence-corrected chi connectivity index (χ4v) is 4.36. The molecule has 0 spiro atoms. The molecule has 2 N–H and O–H groups in total. The number of hydrogen-bond donors (Lipinski definition) is 2. The van der Waals surface area contributed by atoms with E-state index in [4.69, 9.17) is 4.98 Å². The van der Waals surface area contributed by atoms with Crippen LogP contribution in [0.1, 0.15) is 56.7 Å². The molecule has 1 saturated heterocycles. The summed E-state index contributed by atoms with van der Waals surface area (Å²) >= 11 is 0. The lowest BCUT2D eigenvalue weighted by Gasteiger charge is -2.28. The molecular formula is C24H33FN6. The van der Waals surface area contributed by atoms with Crippen LogP contribution >= 0.6 is 0 Å². The molecule has 1 fully saturated rings. The molecule has 1 aromatic carbocycles. The molecule has 2 aromatic heterocycles. The normalized spacial score (nSPS) is 15.8. The zero-order chi connectivity index (χ0) is 22.0. The van der Waals surface area contributed by atoms with Crippen molar-refractivity contribution in [2.45, 2.75) is 52.4 Å². The predicted molar refractivity (Wildman–Crippen MR) is 124 cm³/mol. The number of likely N-dealkylation sites (tertiary alicyclic amines) is 1. The number of nitrogens with one attached hydrogen (secondary N) is 2. The van der Waals surface area contributed by atoms with Crippen molar-refractivity contribution in [3.05, 3.63) is 35.4 Å². The minimum atomic E-state index is -0.245. The van der Waals surface area contributed by atoms with E-state index in [2.05, 4.69) is 46.1 Å². The molecule has 31 heavy (non-hydrogen) atoms. The van der Waals surface area contributed by atoms with Crippen LogP contribution in [0, 0.1) is 18.7 Å². The van der Waals surface area contributed by atoms with E-state index in [0.29, 0.717) is 22.9 Å². The third kappa shape index (κ3) is 4.87. The van der Waals surface area contributed by atoms with Gasteiger partial charge in [0.1, 0.15) is 11.6 Å². The number of aryl methyl sites for hydroxylation is 1. The summed E-state index contributed by atoms with van der Waals surface area (Å²) in [4.78, 5) is 19.7. The fourth-order valence-electron chi connectivity index (χ4n) is 4.36. The Morgan fingerprint density at radius 2 is 2.00 bits per heavy atom. The van der Waals surface area contributed by atoms with Crippen molar-refractivity contribution in [1.82, 2.24) is 24.8 Å². The highest BCUT2D eigenvalue weighted by molar-refractivity contribution is 5.82. The first-order chi connectivity index (χ1) is 14.9. The maximum Gasteiger partial charge on any atom is 0.222 e. The number of piperidine rings is 1. The number of imidazole rings is 1. The Kier molecular flexibility index (Phi) is 6.51. The molecule has 4 rings (SSSR count). The van der Waals surface area contributed by atoms with Gasteiger partial charge in [-0.1, -0.05) is 13.8 Å². The third-order valence-corrected chi connectivity index (χ3v) is 6.37.